The zero-order valence-electron chi connectivity index (χ0n) is 8.72. The monoisotopic (exact) mass is 322 g/mol. The second-order valence-corrected chi connectivity index (χ2v) is 5.08. The van der Waals surface area contributed by atoms with Gasteiger partial charge in [-0.3, -0.25) is 0 Å². The molecule has 0 radical (unpaired) electrons. The Balaban J connectivity index is 2.85. The SMILES string of the molecule is Oc1ccc(Cl)c(Cl)c1-c1c(O)ccc(Cl)c1Cl. The maximum absolute atomic E-state index is 9.85. The fourth-order valence-corrected chi connectivity index (χ4v) is 2.38. The van der Waals surface area contributed by atoms with Crippen LogP contribution in [0.4, 0.5) is 0 Å². The van der Waals surface area contributed by atoms with Crippen LogP contribution in [-0.4, -0.2) is 10.2 Å². The Hall–Kier alpha value is -0.800. The van der Waals surface area contributed by atoms with Crippen molar-refractivity contribution in [3.63, 3.8) is 0 Å². The van der Waals surface area contributed by atoms with Crippen LogP contribution >= 0.6 is 46.4 Å². The van der Waals surface area contributed by atoms with E-state index in [0.717, 1.165) is 0 Å². The van der Waals surface area contributed by atoms with E-state index in [2.05, 4.69) is 0 Å². The normalized spacial score (nSPS) is 10.7. The van der Waals surface area contributed by atoms with Crippen molar-refractivity contribution in [1.29, 1.82) is 0 Å². The predicted octanol–water partition coefficient (Wildman–Crippen LogP) is 5.38. The number of halogens is 4. The molecule has 2 rings (SSSR count). The summed E-state index contributed by atoms with van der Waals surface area (Å²) in [5, 5.41) is 20.4. The Morgan fingerprint density at radius 3 is 1.28 bits per heavy atom. The van der Waals surface area contributed by atoms with Crippen molar-refractivity contribution in [2.75, 3.05) is 0 Å². The van der Waals surface area contributed by atoms with Gasteiger partial charge >= 0.3 is 0 Å². The van der Waals surface area contributed by atoms with Gasteiger partial charge in [-0.05, 0) is 24.3 Å². The van der Waals surface area contributed by atoms with Crippen LogP contribution in [0.3, 0.4) is 0 Å². The fraction of sp³-hybridized carbons (Fsp3) is 0. The average Bonchev–Trinajstić information content (AvgIpc) is 2.33. The first-order valence-electron chi connectivity index (χ1n) is 4.77. The fourth-order valence-electron chi connectivity index (χ4n) is 1.56. The zero-order chi connectivity index (χ0) is 13.4. The second kappa shape index (κ2) is 5.06. The van der Waals surface area contributed by atoms with Crippen LogP contribution in [0.25, 0.3) is 11.1 Å². The van der Waals surface area contributed by atoms with Crippen molar-refractivity contribution in [3.8, 4) is 22.6 Å². The highest BCUT2D eigenvalue weighted by Crippen LogP contribution is 2.48. The van der Waals surface area contributed by atoms with E-state index in [4.69, 9.17) is 46.4 Å². The highest BCUT2D eigenvalue weighted by Gasteiger charge is 2.20. The van der Waals surface area contributed by atoms with Gasteiger partial charge in [-0.1, -0.05) is 46.4 Å². The summed E-state index contributed by atoms with van der Waals surface area (Å²) < 4.78 is 0. The number of hydrogen-bond acceptors (Lipinski definition) is 2. The summed E-state index contributed by atoms with van der Waals surface area (Å²) in [4.78, 5) is 0. The molecule has 0 spiro atoms. The molecule has 2 aromatic carbocycles. The van der Waals surface area contributed by atoms with E-state index in [1.54, 1.807) is 0 Å². The lowest BCUT2D eigenvalue weighted by molar-refractivity contribution is 0.469. The molecule has 0 heterocycles. The molecule has 0 unspecified atom stereocenters. The van der Waals surface area contributed by atoms with E-state index in [1.165, 1.54) is 24.3 Å². The number of hydrogen-bond donors (Lipinski definition) is 2. The number of aromatic hydroxyl groups is 2. The maximum atomic E-state index is 9.85. The van der Waals surface area contributed by atoms with Crippen molar-refractivity contribution in [2.24, 2.45) is 0 Å². The molecule has 2 nitrogen and oxygen atoms in total. The molecule has 18 heavy (non-hydrogen) atoms. The van der Waals surface area contributed by atoms with Crippen molar-refractivity contribution in [3.05, 3.63) is 44.4 Å². The number of phenols is 2. The van der Waals surface area contributed by atoms with Gasteiger partial charge in [-0.2, -0.15) is 0 Å². The van der Waals surface area contributed by atoms with Gasteiger partial charge in [-0.15, -0.1) is 0 Å². The van der Waals surface area contributed by atoms with Gasteiger partial charge in [0.1, 0.15) is 11.5 Å². The van der Waals surface area contributed by atoms with Crippen molar-refractivity contribution >= 4 is 46.4 Å². The lowest BCUT2D eigenvalue weighted by Crippen LogP contribution is -1.86. The molecule has 0 saturated carbocycles. The van der Waals surface area contributed by atoms with Gasteiger partial charge < -0.3 is 10.2 Å². The van der Waals surface area contributed by atoms with Crippen LogP contribution in [0.2, 0.25) is 20.1 Å². The molecule has 0 amide bonds. The van der Waals surface area contributed by atoms with E-state index in [-0.39, 0.29) is 42.7 Å². The third-order valence-corrected chi connectivity index (χ3v) is 4.00. The van der Waals surface area contributed by atoms with Gasteiger partial charge in [0.15, 0.2) is 0 Å². The van der Waals surface area contributed by atoms with Crippen molar-refractivity contribution < 1.29 is 10.2 Å². The predicted molar refractivity (Wildman–Crippen MR) is 75.2 cm³/mol. The van der Waals surface area contributed by atoms with Crippen LogP contribution in [-0.2, 0) is 0 Å². The third-order valence-electron chi connectivity index (χ3n) is 2.40. The van der Waals surface area contributed by atoms with Crippen molar-refractivity contribution in [2.45, 2.75) is 0 Å². The Bertz CT molecular complexity index is 570. The lowest BCUT2D eigenvalue weighted by Gasteiger charge is -2.13. The molecule has 94 valence electrons. The molecule has 2 aromatic rings. The Labute approximate surface area is 123 Å². The maximum Gasteiger partial charge on any atom is 0.125 e. The molecular formula is C12H6Cl4O2. The van der Waals surface area contributed by atoms with Crippen LogP contribution in [0.5, 0.6) is 11.5 Å². The van der Waals surface area contributed by atoms with Crippen LogP contribution in [0.1, 0.15) is 0 Å². The summed E-state index contributed by atoms with van der Waals surface area (Å²) in [7, 11) is 0. The summed E-state index contributed by atoms with van der Waals surface area (Å²) in [6.07, 6.45) is 0. The highest BCUT2D eigenvalue weighted by atomic mass is 35.5. The molecule has 0 atom stereocenters. The number of benzene rings is 2. The minimum Gasteiger partial charge on any atom is -0.507 e. The molecule has 0 aromatic heterocycles. The quantitative estimate of drug-likeness (QED) is 0.739. The topological polar surface area (TPSA) is 40.5 Å². The van der Waals surface area contributed by atoms with Crippen LogP contribution in [0.15, 0.2) is 24.3 Å². The molecule has 0 saturated heterocycles. The number of rotatable bonds is 1. The molecule has 6 heteroatoms. The molecule has 2 N–H and O–H groups in total. The van der Waals surface area contributed by atoms with Gasteiger partial charge in [-0.25, -0.2) is 0 Å². The lowest BCUT2D eigenvalue weighted by atomic mass is 10.0. The Morgan fingerprint density at radius 1 is 0.611 bits per heavy atom. The average molecular weight is 324 g/mol. The standard InChI is InChI=1S/C12H6Cl4O2/c13-5-1-3-7(17)9(11(5)15)10-8(18)4-2-6(14)12(10)16/h1-4,17-18H. The number of phenolic OH excluding ortho intramolecular Hbond substituents is 2. The summed E-state index contributed by atoms with van der Waals surface area (Å²) in [5.74, 6) is -0.298. The van der Waals surface area contributed by atoms with Gasteiger partial charge in [0.25, 0.3) is 0 Å². The molecule has 0 bridgehead atoms. The van der Waals surface area contributed by atoms with Crippen molar-refractivity contribution in [1.82, 2.24) is 0 Å². The third kappa shape index (κ3) is 2.21. The minimum atomic E-state index is -0.149. The van der Waals surface area contributed by atoms with Gasteiger partial charge in [0.2, 0.25) is 0 Å². The first-order chi connectivity index (χ1) is 8.43. The van der Waals surface area contributed by atoms with Crippen LogP contribution < -0.4 is 0 Å². The summed E-state index contributed by atoms with van der Waals surface area (Å²) in [6.45, 7) is 0. The molecular weight excluding hydrogens is 318 g/mol. The Morgan fingerprint density at radius 2 is 0.944 bits per heavy atom. The minimum absolute atomic E-state index is 0.0936. The summed E-state index contributed by atoms with van der Waals surface area (Å²) >= 11 is 23.8. The molecule has 0 aliphatic carbocycles. The van der Waals surface area contributed by atoms with E-state index in [9.17, 15) is 10.2 Å². The van der Waals surface area contributed by atoms with Gasteiger partial charge in [0, 0.05) is 11.1 Å². The zero-order valence-corrected chi connectivity index (χ0v) is 11.7. The summed E-state index contributed by atoms with van der Waals surface area (Å²) in [6, 6.07) is 5.61. The summed E-state index contributed by atoms with van der Waals surface area (Å²) in [5.41, 5.74) is 0.295. The van der Waals surface area contributed by atoms with E-state index in [0.29, 0.717) is 0 Å². The highest BCUT2D eigenvalue weighted by molar-refractivity contribution is 6.46. The van der Waals surface area contributed by atoms with E-state index in [1.807, 2.05) is 0 Å². The Kier molecular flexibility index (Phi) is 3.83. The van der Waals surface area contributed by atoms with E-state index >= 15 is 0 Å². The first-order valence-corrected chi connectivity index (χ1v) is 6.29. The van der Waals surface area contributed by atoms with E-state index < -0.39 is 0 Å². The second-order valence-electron chi connectivity index (χ2n) is 3.51. The van der Waals surface area contributed by atoms with Gasteiger partial charge in [0.05, 0.1) is 20.1 Å². The molecule has 0 aliphatic heterocycles. The first kappa shape index (κ1) is 13.6. The molecule has 0 aliphatic rings. The molecule has 0 fully saturated rings. The largest absolute Gasteiger partial charge is 0.507 e. The smallest absolute Gasteiger partial charge is 0.125 e. The van der Waals surface area contributed by atoms with Crippen LogP contribution in [0, 0.1) is 0 Å².